The fraction of sp³-hybridized carbons (Fsp3) is 0.176. The molecule has 3 aromatic rings. The van der Waals surface area contributed by atoms with Crippen LogP contribution in [0.15, 0.2) is 30.3 Å². The minimum atomic E-state index is -0.267. The standard InChI is InChI=1S/C17H14N2O5S/c1-21-12-6-10-15(7-13(12)22-2)25-17(18-10)19-16(20)9-3-4-11-14(5-9)24-8-23-11/h3-7H,8H2,1-2H3,(H,18,19,20). The summed E-state index contributed by atoms with van der Waals surface area (Å²) in [6, 6.07) is 8.66. The molecule has 7 nitrogen and oxygen atoms in total. The van der Waals surface area contributed by atoms with E-state index in [9.17, 15) is 4.79 Å². The van der Waals surface area contributed by atoms with Gasteiger partial charge < -0.3 is 18.9 Å². The molecule has 8 heteroatoms. The Kier molecular flexibility index (Phi) is 3.81. The van der Waals surface area contributed by atoms with Crippen molar-refractivity contribution < 1.29 is 23.7 Å². The van der Waals surface area contributed by atoms with Crippen molar-refractivity contribution in [3.8, 4) is 23.0 Å². The fourth-order valence-electron chi connectivity index (χ4n) is 2.52. The van der Waals surface area contributed by atoms with E-state index in [1.165, 1.54) is 11.3 Å². The topological polar surface area (TPSA) is 78.9 Å². The summed E-state index contributed by atoms with van der Waals surface area (Å²) in [5, 5.41) is 3.30. The zero-order valence-electron chi connectivity index (χ0n) is 13.5. The number of amides is 1. The van der Waals surface area contributed by atoms with Crippen molar-refractivity contribution in [3.63, 3.8) is 0 Å². The molecule has 2 aromatic carbocycles. The number of nitrogens with one attached hydrogen (secondary N) is 1. The van der Waals surface area contributed by atoms with E-state index < -0.39 is 0 Å². The van der Waals surface area contributed by atoms with Crippen molar-refractivity contribution >= 4 is 32.6 Å². The van der Waals surface area contributed by atoms with E-state index in [-0.39, 0.29) is 12.7 Å². The van der Waals surface area contributed by atoms with Gasteiger partial charge in [0.25, 0.3) is 5.91 Å². The Labute approximate surface area is 147 Å². The molecule has 1 aliphatic rings. The smallest absolute Gasteiger partial charge is 0.257 e. The molecule has 0 saturated heterocycles. The number of rotatable bonds is 4. The number of hydrogen-bond acceptors (Lipinski definition) is 7. The summed E-state index contributed by atoms with van der Waals surface area (Å²) >= 11 is 1.36. The van der Waals surface area contributed by atoms with Gasteiger partial charge in [-0.05, 0) is 18.2 Å². The highest BCUT2D eigenvalue weighted by Gasteiger charge is 2.17. The Bertz CT molecular complexity index is 928. The van der Waals surface area contributed by atoms with E-state index in [0.717, 1.165) is 10.2 Å². The van der Waals surface area contributed by atoms with Crippen molar-refractivity contribution in [1.82, 2.24) is 4.98 Å². The minimum Gasteiger partial charge on any atom is -0.493 e. The highest BCUT2D eigenvalue weighted by molar-refractivity contribution is 7.22. The quantitative estimate of drug-likeness (QED) is 0.771. The van der Waals surface area contributed by atoms with E-state index >= 15 is 0 Å². The van der Waals surface area contributed by atoms with Gasteiger partial charge in [0.15, 0.2) is 28.1 Å². The largest absolute Gasteiger partial charge is 0.493 e. The van der Waals surface area contributed by atoms with Gasteiger partial charge in [0.05, 0.1) is 24.4 Å². The molecular weight excluding hydrogens is 344 g/mol. The van der Waals surface area contributed by atoms with Crippen LogP contribution in [-0.4, -0.2) is 31.9 Å². The summed E-state index contributed by atoms with van der Waals surface area (Å²) in [5.41, 5.74) is 1.20. The average molecular weight is 358 g/mol. The molecule has 1 aliphatic heterocycles. The highest BCUT2D eigenvalue weighted by atomic mass is 32.1. The summed E-state index contributed by atoms with van der Waals surface area (Å²) in [6.45, 7) is 0.169. The monoisotopic (exact) mass is 358 g/mol. The zero-order valence-corrected chi connectivity index (χ0v) is 14.3. The molecule has 0 radical (unpaired) electrons. The van der Waals surface area contributed by atoms with Gasteiger partial charge in [-0.25, -0.2) is 4.98 Å². The molecule has 0 spiro atoms. The van der Waals surface area contributed by atoms with Crippen molar-refractivity contribution in [2.45, 2.75) is 0 Å². The predicted octanol–water partition coefficient (Wildman–Crippen LogP) is 3.29. The first kappa shape index (κ1) is 15.5. The Morgan fingerprint density at radius 2 is 1.88 bits per heavy atom. The molecule has 25 heavy (non-hydrogen) atoms. The summed E-state index contributed by atoms with van der Waals surface area (Å²) < 4.78 is 22.0. The summed E-state index contributed by atoms with van der Waals surface area (Å²) in [7, 11) is 3.14. The lowest BCUT2D eigenvalue weighted by molar-refractivity contribution is 0.102. The van der Waals surface area contributed by atoms with Crippen LogP contribution < -0.4 is 24.3 Å². The van der Waals surface area contributed by atoms with Gasteiger partial charge in [-0.1, -0.05) is 11.3 Å². The molecule has 1 aromatic heterocycles. The first-order valence-electron chi connectivity index (χ1n) is 7.41. The van der Waals surface area contributed by atoms with Crippen molar-refractivity contribution in [2.24, 2.45) is 0 Å². The number of methoxy groups -OCH3 is 2. The number of thiazole rings is 1. The summed E-state index contributed by atoms with van der Waals surface area (Å²) in [5.74, 6) is 2.14. The Hall–Kier alpha value is -3.00. The maximum absolute atomic E-state index is 12.4. The van der Waals surface area contributed by atoms with Gasteiger partial charge in [-0.2, -0.15) is 0 Å². The third-order valence-electron chi connectivity index (χ3n) is 3.75. The van der Waals surface area contributed by atoms with Crippen LogP contribution in [0.4, 0.5) is 5.13 Å². The van der Waals surface area contributed by atoms with Crippen LogP contribution in [0.2, 0.25) is 0 Å². The Morgan fingerprint density at radius 3 is 2.68 bits per heavy atom. The molecule has 0 atom stereocenters. The minimum absolute atomic E-state index is 0.169. The van der Waals surface area contributed by atoms with Crippen LogP contribution in [0.25, 0.3) is 10.2 Å². The SMILES string of the molecule is COc1cc2nc(NC(=O)c3ccc4c(c3)OCO4)sc2cc1OC. The number of hydrogen-bond donors (Lipinski definition) is 1. The maximum Gasteiger partial charge on any atom is 0.257 e. The van der Waals surface area contributed by atoms with E-state index in [1.807, 2.05) is 6.07 Å². The second-order valence-electron chi connectivity index (χ2n) is 5.22. The van der Waals surface area contributed by atoms with E-state index in [1.54, 1.807) is 38.5 Å². The van der Waals surface area contributed by atoms with Crippen molar-refractivity contribution in [3.05, 3.63) is 35.9 Å². The Balaban J connectivity index is 1.60. The molecule has 2 heterocycles. The molecule has 1 N–H and O–H groups in total. The third kappa shape index (κ3) is 2.80. The normalized spacial score (nSPS) is 12.2. The number of anilines is 1. The lowest BCUT2D eigenvalue weighted by Crippen LogP contribution is -2.11. The summed E-state index contributed by atoms with van der Waals surface area (Å²) in [4.78, 5) is 16.9. The molecule has 1 amide bonds. The lowest BCUT2D eigenvalue weighted by Gasteiger charge is -2.05. The number of ether oxygens (including phenoxy) is 4. The van der Waals surface area contributed by atoms with Crippen LogP contribution in [0.1, 0.15) is 10.4 Å². The van der Waals surface area contributed by atoms with Crippen molar-refractivity contribution in [2.75, 3.05) is 26.3 Å². The third-order valence-corrected chi connectivity index (χ3v) is 4.68. The molecule has 0 bridgehead atoms. The first-order chi connectivity index (χ1) is 12.2. The van der Waals surface area contributed by atoms with Gasteiger partial charge in [0.1, 0.15) is 0 Å². The van der Waals surface area contributed by atoms with Crippen LogP contribution in [0, 0.1) is 0 Å². The number of nitrogens with zero attached hydrogens (tertiary/aromatic N) is 1. The lowest BCUT2D eigenvalue weighted by atomic mass is 10.2. The fourth-order valence-corrected chi connectivity index (χ4v) is 3.39. The molecule has 0 saturated carbocycles. The second-order valence-corrected chi connectivity index (χ2v) is 6.25. The van der Waals surface area contributed by atoms with Gasteiger partial charge in [0, 0.05) is 17.7 Å². The van der Waals surface area contributed by atoms with E-state index in [2.05, 4.69) is 10.3 Å². The predicted molar refractivity (Wildman–Crippen MR) is 93.2 cm³/mol. The van der Waals surface area contributed by atoms with Crippen LogP contribution in [0.5, 0.6) is 23.0 Å². The summed E-state index contributed by atoms with van der Waals surface area (Å²) in [6.07, 6.45) is 0. The van der Waals surface area contributed by atoms with Gasteiger partial charge in [0.2, 0.25) is 6.79 Å². The number of aromatic nitrogens is 1. The van der Waals surface area contributed by atoms with Gasteiger partial charge in [-0.3, -0.25) is 10.1 Å². The van der Waals surface area contributed by atoms with Crippen molar-refractivity contribution in [1.29, 1.82) is 0 Å². The molecule has 0 aliphatic carbocycles. The number of benzene rings is 2. The van der Waals surface area contributed by atoms with Crippen LogP contribution >= 0.6 is 11.3 Å². The van der Waals surface area contributed by atoms with Crippen LogP contribution in [0.3, 0.4) is 0 Å². The van der Waals surface area contributed by atoms with E-state index in [4.69, 9.17) is 18.9 Å². The molecule has 128 valence electrons. The zero-order chi connectivity index (χ0) is 17.4. The van der Waals surface area contributed by atoms with Crippen LogP contribution in [-0.2, 0) is 0 Å². The second kappa shape index (κ2) is 6.14. The number of carbonyl (C=O) groups excluding carboxylic acids is 1. The van der Waals surface area contributed by atoms with Gasteiger partial charge >= 0.3 is 0 Å². The maximum atomic E-state index is 12.4. The van der Waals surface area contributed by atoms with E-state index in [0.29, 0.717) is 33.7 Å². The molecule has 4 rings (SSSR count). The highest BCUT2D eigenvalue weighted by Crippen LogP contribution is 2.36. The first-order valence-corrected chi connectivity index (χ1v) is 8.23. The average Bonchev–Trinajstić information content (AvgIpc) is 3.25. The number of carbonyl (C=O) groups is 1. The van der Waals surface area contributed by atoms with Gasteiger partial charge in [-0.15, -0.1) is 0 Å². The molecule has 0 fully saturated rings. The Morgan fingerprint density at radius 1 is 1.12 bits per heavy atom. The number of fused-ring (bicyclic) bond motifs is 2. The molecular formula is C17H14N2O5S. The molecule has 0 unspecified atom stereocenters.